The minimum Gasteiger partial charge on any atom is -0.367 e. The van der Waals surface area contributed by atoms with E-state index < -0.39 is 10.0 Å². The molecule has 1 amide bonds. The standard InChI is InChI=1S/C22H27ClN4O3S/c1-24-9-15-27(16-10-24)31(29,30)19-6-4-5-18(17-19)22(28)26-13-11-25(12-14-26)21-8-3-2-7-20(21)23/h2-8,17H,9-16H2,1H3. The molecule has 0 N–H and O–H groups in total. The number of carbonyl (C=O) groups excluding carboxylic acids is 1. The van der Waals surface area contributed by atoms with Gasteiger partial charge in [-0.25, -0.2) is 8.42 Å². The van der Waals surface area contributed by atoms with Gasteiger partial charge < -0.3 is 14.7 Å². The lowest BCUT2D eigenvalue weighted by Gasteiger charge is -2.36. The van der Waals surface area contributed by atoms with E-state index in [1.807, 2.05) is 31.3 Å². The molecule has 0 saturated carbocycles. The summed E-state index contributed by atoms with van der Waals surface area (Å²) in [6.45, 7) is 4.78. The third-order valence-electron chi connectivity index (χ3n) is 5.94. The van der Waals surface area contributed by atoms with Gasteiger partial charge in [-0.1, -0.05) is 29.8 Å². The number of piperazine rings is 2. The largest absolute Gasteiger partial charge is 0.367 e. The second-order valence-corrected chi connectivity index (χ2v) is 10.3. The van der Waals surface area contributed by atoms with Crippen molar-refractivity contribution < 1.29 is 13.2 Å². The molecule has 9 heteroatoms. The Morgan fingerprint density at radius 2 is 1.55 bits per heavy atom. The van der Waals surface area contributed by atoms with E-state index in [-0.39, 0.29) is 10.8 Å². The fourth-order valence-corrected chi connectivity index (χ4v) is 5.73. The first-order chi connectivity index (χ1) is 14.9. The summed E-state index contributed by atoms with van der Waals surface area (Å²) < 4.78 is 27.6. The Kier molecular flexibility index (Phi) is 6.52. The van der Waals surface area contributed by atoms with Crippen molar-refractivity contribution in [2.24, 2.45) is 0 Å². The highest BCUT2D eigenvalue weighted by molar-refractivity contribution is 7.89. The van der Waals surface area contributed by atoms with Gasteiger partial charge in [-0.15, -0.1) is 0 Å². The monoisotopic (exact) mass is 462 g/mol. The van der Waals surface area contributed by atoms with Gasteiger partial charge >= 0.3 is 0 Å². The van der Waals surface area contributed by atoms with Crippen molar-refractivity contribution in [1.82, 2.24) is 14.1 Å². The summed E-state index contributed by atoms with van der Waals surface area (Å²) in [6.07, 6.45) is 0. The maximum atomic E-state index is 13.1. The summed E-state index contributed by atoms with van der Waals surface area (Å²) in [5, 5.41) is 0.698. The molecule has 31 heavy (non-hydrogen) atoms. The average molecular weight is 463 g/mol. The Hall–Kier alpha value is -2.13. The van der Waals surface area contributed by atoms with Crippen LogP contribution in [0.3, 0.4) is 0 Å². The van der Waals surface area contributed by atoms with Crippen molar-refractivity contribution in [3.8, 4) is 0 Å². The topological polar surface area (TPSA) is 64.2 Å². The number of anilines is 1. The van der Waals surface area contributed by atoms with Gasteiger partial charge in [0.15, 0.2) is 0 Å². The Morgan fingerprint density at radius 1 is 0.871 bits per heavy atom. The van der Waals surface area contributed by atoms with Gasteiger partial charge in [-0.2, -0.15) is 4.31 Å². The first-order valence-electron chi connectivity index (χ1n) is 10.4. The SMILES string of the molecule is CN1CCN(S(=O)(=O)c2cccc(C(=O)N3CCN(c4ccccc4Cl)CC3)c2)CC1. The van der Waals surface area contributed by atoms with Crippen LogP contribution < -0.4 is 4.90 Å². The molecule has 2 saturated heterocycles. The van der Waals surface area contributed by atoms with Crippen LogP contribution in [0.25, 0.3) is 0 Å². The van der Waals surface area contributed by atoms with Crippen molar-refractivity contribution in [3.63, 3.8) is 0 Å². The fraction of sp³-hybridized carbons (Fsp3) is 0.409. The van der Waals surface area contributed by atoms with Crippen LogP contribution in [0.2, 0.25) is 5.02 Å². The third-order valence-corrected chi connectivity index (χ3v) is 8.16. The number of para-hydroxylation sites is 1. The Balaban J connectivity index is 1.45. The van der Waals surface area contributed by atoms with Crippen molar-refractivity contribution in [2.75, 3.05) is 64.3 Å². The van der Waals surface area contributed by atoms with Gasteiger partial charge in [0.25, 0.3) is 5.91 Å². The molecule has 2 aliphatic rings. The summed E-state index contributed by atoms with van der Waals surface area (Å²) in [5.74, 6) is -0.144. The number of likely N-dealkylation sites (N-methyl/N-ethyl adjacent to an activating group) is 1. The Morgan fingerprint density at radius 3 is 2.23 bits per heavy atom. The highest BCUT2D eigenvalue weighted by Crippen LogP contribution is 2.26. The van der Waals surface area contributed by atoms with Crippen LogP contribution in [0.5, 0.6) is 0 Å². The number of sulfonamides is 1. The van der Waals surface area contributed by atoms with Crippen LogP contribution in [0.15, 0.2) is 53.4 Å². The second kappa shape index (κ2) is 9.16. The van der Waals surface area contributed by atoms with Crippen LogP contribution in [-0.2, 0) is 10.0 Å². The number of nitrogens with zero attached hydrogens (tertiary/aromatic N) is 4. The predicted octanol–water partition coefficient (Wildman–Crippen LogP) is 2.24. The summed E-state index contributed by atoms with van der Waals surface area (Å²) in [6, 6.07) is 14.1. The molecule has 0 aliphatic carbocycles. The first kappa shape index (κ1) is 22.1. The van der Waals surface area contributed by atoms with Crippen LogP contribution in [0, 0.1) is 0 Å². The van der Waals surface area contributed by atoms with Crippen molar-refractivity contribution in [2.45, 2.75) is 4.90 Å². The number of halogens is 1. The van der Waals surface area contributed by atoms with E-state index >= 15 is 0 Å². The summed E-state index contributed by atoms with van der Waals surface area (Å²) >= 11 is 6.30. The molecule has 166 valence electrons. The number of hydrogen-bond donors (Lipinski definition) is 0. The zero-order valence-corrected chi connectivity index (χ0v) is 19.1. The quantitative estimate of drug-likeness (QED) is 0.697. The lowest BCUT2D eigenvalue weighted by Crippen LogP contribution is -2.49. The maximum Gasteiger partial charge on any atom is 0.254 e. The summed E-state index contributed by atoms with van der Waals surface area (Å²) in [7, 11) is -1.63. The fourth-order valence-electron chi connectivity index (χ4n) is 4.01. The van der Waals surface area contributed by atoms with E-state index in [4.69, 9.17) is 11.6 Å². The zero-order valence-electron chi connectivity index (χ0n) is 17.6. The zero-order chi connectivity index (χ0) is 22.0. The number of carbonyl (C=O) groups is 1. The van der Waals surface area contributed by atoms with Gasteiger partial charge in [0, 0.05) is 57.9 Å². The second-order valence-electron chi connectivity index (χ2n) is 7.97. The molecule has 2 aromatic carbocycles. The van der Waals surface area contributed by atoms with Crippen LogP contribution in [0.4, 0.5) is 5.69 Å². The lowest BCUT2D eigenvalue weighted by molar-refractivity contribution is 0.0746. The molecule has 0 bridgehead atoms. The summed E-state index contributed by atoms with van der Waals surface area (Å²) in [5.41, 5.74) is 1.37. The third kappa shape index (κ3) is 4.72. The molecule has 2 fully saturated rings. The normalized spacial score (nSPS) is 18.9. The van der Waals surface area contributed by atoms with E-state index in [1.165, 1.54) is 10.4 Å². The van der Waals surface area contributed by atoms with Crippen LogP contribution in [-0.4, -0.2) is 87.8 Å². The highest BCUT2D eigenvalue weighted by Gasteiger charge is 2.29. The van der Waals surface area contributed by atoms with Gasteiger partial charge in [-0.05, 0) is 37.4 Å². The van der Waals surface area contributed by atoms with Crippen LogP contribution in [0.1, 0.15) is 10.4 Å². The Bertz CT molecular complexity index is 1050. The molecule has 2 aromatic rings. The molecule has 0 spiro atoms. The van der Waals surface area contributed by atoms with E-state index in [2.05, 4.69) is 9.80 Å². The molecular formula is C22H27ClN4O3S. The molecule has 0 aromatic heterocycles. The molecule has 0 radical (unpaired) electrons. The molecule has 7 nitrogen and oxygen atoms in total. The van der Waals surface area contributed by atoms with E-state index in [0.717, 1.165) is 5.69 Å². The van der Waals surface area contributed by atoms with E-state index in [9.17, 15) is 13.2 Å². The molecule has 0 unspecified atom stereocenters. The lowest BCUT2D eigenvalue weighted by atomic mass is 10.1. The first-order valence-corrected chi connectivity index (χ1v) is 12.3. The number of rotatable bonds is 4. The van der Waals surface area contributed by atoms with E-state index in [1.54, 1.807) is 23.1 Å². The molecule has 2 aliphatic heterocycles. The minimum absolute atomic E-state index is 0.144. The number of hydrogen-bond acceptors (Lipinski definition) is 5. The van der Waals surface area contributed by atoms with Crippen molar-refractivity contribution >= 4 is 33.2 Å². The maximum absolute atomic E-state index is 13.1. The predicted molar refractivity (Wildman–Crippen MR) is 122 cm³/mol. The van der Waals surface area contributed by atoms with Crippen molar-refractivity contribution in [3.05, 3.63) is 59.1 Å². The Labute approximate surface area is 188 Å². The van der Waals surface area contributed by atoms with E-state index in [0.29, 0.717) is 62.9 Å². The molecular weight excluding hydrogens is 436 g/mol. The van der Waals surface area contributed by atoms with Crippen molar-refractivity contribution in [1.29, 1.82) is 0 Å². The van der Waals surface area contributed by atoms with Gasteiger partial charge in [0.05, 0.1) is 15.6 Å². The summed E-state index contributed by atoms with van der Waals surface area (Å²) in [4.78, 5) is 19.3. The van der Waals surface area contributed by atoms with Gasteiger partial charge in [0.2, 0.25) is 10.0 Å². The molecule has 0 atom stereocenters. The van der Waals surface area contributed by atoms with Gasteiger partial charge in [0.1, 0.15) is 0 Å². The molecule has 2 heterocycles. The average Bonchev–Trinajstić information content (AvgIpc) is 2.79. The number of benzene rings is 2. The smallest absolute Gasteiger partial charge is 0.254 e. The highest BCUT2D eigenvalue weighted by atomic mass is 35.5. The minimum atomic E-state index is -3.61. The van der Waals surface area contributed by atoms with Crippen LogP contribution >= 0.6 is 11.6 Å². The number of amides is 1. The molecule has 4 rings (SSSR count). The van der Waals surface area contributed by atoms with Gasteiger partial charge in [-0.3, -0.25) is 4.79 Å².